The third-order valence-corrected chi connectivity index (χ3v) is 3.23. The first-order valence-corrected chi connectivity index (χ1v) is 6.18. The van der Waals surface area contributed by atoms with Crippen LogP contribution in [0.4, 0.5) is 4.39 Å². The smallest absolute Gasteiger partial charge is 0.126 e. The summed E-state index contributed by atoms with van der Waals surface area (Å²) in [7, 11) is 1.51. The highest BCUT2D eigenvalue weighted by Gasteiger charge is 2.17. The third kappa shape index (κ3) is 2.88. The molecule has 0 aromatic heterocycles. The number of halogens is 2. The molecule has 0 saturated carbocycles. The van der Waals surface area contributed by atoms with E-state index >= 15 is 0 Å². The molecule has 0 heterocycles. The maximum Gasteiger partial charge on any atom is 0.126 e. The Bertz CT molecular complexity index is 599. The normalized spacial score (nSPS) is 12.3. The van der Waals surface area contributed by atoms with Gasteiger partial charge in [0, 0.05) is 10.6 Å². The van der Waals surface area contributed by atoms with Gasteiger partial charge in [0.25, 0.3) is 0 Å². The third-order valence-electron chi connectivity index (χ3n) is 3.00. The van der Waals surface area contributed by atoms with Gasteiger partial charge in [0.15, 0.2) is 0 Å². The SMILES string of the molecule is COc1ccc(Cl)cc1C(O)c1ccc(C)c(F)c1. The van der Waals surface area contributed by atoms with Crippen LogP contribution in [0.25, 0.3) is 0 Å². The van der Waals surface area contributed by atoms with Crippen LogP contribution in [0.15, 0.2) is 36.4 Å². The molecule has 0 aliphatic heterocycles. The molecule has 0 aliphatic carbocycles. The first-order chi connectivity index (χ1) is 9.02. The maximum atomic E-state index is 13.5. The van der Waals surface area contributed by atoms with E-state index in [2.05, 4.69) is 0 Å². The molecule has 0 fully saturated rings. The number of aryl methyl sites for hydroxylation is 1. The summed E-state index contributed by atoms with van der Waals surface area (Å²) in [4.78, 5) is 0. The van der Waals surface area contributed by atoms with Crippen molar-refractivity contribution in [2.45, 2.75) is 13.0 Å². The van der Waals surface area contributed by atoms with Crippen LogP contribution >= 0.6 is 11.6 Å². The average molecular weight is 281 g/mol. The van der Waals surface area contributed by atoms with Gasteiger partial charge in [-0.05, 0) is 42.3 Å². The van der Waals surface area contributed by atoms with E-state index in [-0.39, 0.29) is 5.82 Å². The van der Waals surface area contributed by atoms with Crippen LogP contribution < -0.4 is 4.74 Å². The topological polar surface area (TPSA) is 29.5 Å². The summed E-state index contributed by atoms with van der Waals surface area (Å²) in [6.07, 6.45) is -0.983. The Kier molecular flexibility index (Phi) is 4.08. The number of methoxy groups -OCH3 is 1. The fourth-order valence-electron chi connectivity index (χ4n) is 1.88. The van der Waals surface area contributed by atoms with Gasteiger partial charge in [-0.15, -0.1) is 0 Å². The first-order valence-electron chi connectivity index (χ1n) is 5.80. The fraction of sp³-hybridized carbons (Fsp3) is 0.200. The summed E-state index contributed by atoms with van der Waals surface area (Å²) in [5.41, 5.74) is 1.51. The number of benzene rings is 2. The molecule has 2 rings (SSSR count). The van der Waals surface area contributed by atoms with E-state index in [0.717, 1.165) is 0 Å². The Balaban J connectivity index is 2.45. The second-order valence-electron chi connectivity index (χ2n) is 4.30. The van der Waals surface area contributed by atoms with Crippen LogP contribution in [0, 0.1) is 12.7 Å². The van der Waals surface area contributed by atoms with Gasteiger partial charge in [-0.25, -0.2) is 4.39 Å². The lowest BCUT2D eigenvalue weighted by Gasteiger charge is -2.16. The zero-order chi connectivity index (χ0) is 14.0. The van der Waals surface area contributed by atoms with Crippen molar-refractivity contribution in [3.8, 4) is 5.75 Å². The van der Waals surface area contributed by atoms with E-state index in [0.29, 0.717) is 27.5 Å². The second kappa shape index (κ2) is 5.59. The Morgan fingerprint density at radius 1 is 1.21 bits per heavy atom. The van der Waals surface area contributed by atoms with Gasteiger partial charge in [-0.1, -0.05) is 23.7 Å². The number of aliphatic hydroxyl groups excluding tert-OH is 1. The summed E-state index contributed by atoms with van der Waals surface area (Å²) >= 11 is 5.92. The lowest BCUT2D eigenvalue weighted by Crippen LogP contribution is -2.03. The van der Waals surface area contributed by atoms with Gasteiger partial charge in [0.2, 0.25) is 0 Å². The van der Waals surface area contributed by atoms with Crippen LogP contribution in [0.3, 0.4) is 0 Å². The molecule has 0 amide bonds. The molecular weight excluding hydrogens is 267 g/mol. The van der Waals surface area contributed by atoms with E-state index in [1.165, 1.54) is 13.2 Å². The molecule has 0 saturated heterocycles. The number of ether oxygens (including phenoxy) is 1. The predicted octanol–water partition coefficient (Wildman–Crippen LogP) is 3.88. The Labute approximate surface area is 116 Å². The molecule has 1 unspecified atom stereocenters. The van der Waals surface area contributed by atoms with Crippen molar-refractivity contribution in [3.63, 3.8) is 0 Å². The van der Waals surface area contributed by atoms with Crippen LogP contribution in [0.2, 0.25) is 5.02 Å². The molecular formula is C15H14ClFO2. The zero-order valence-electron chi connectivity index (χ0n) is 10.7. The maximum absolute atomic E-state index is 13.5. The molecule has 100 valence electrons. The minimum atomic E-state index is -0.983. The van der Waals surface area contributed by atoms with Crippen molar-refractivity contribution in [1.82, 2.24) is 0 Å². The lowest BCUT2D eigenvalue weighted by atomic mass is 9.99. The highest BCUT2D eigenvalue weighted by atomic mass is 35.5. The van der Waals surface area contributed by atoms with E-state index in [1.54, 1.807) is 37.3 Å². The average Bonchev–Trinajstić information content (AvgIpc) is 2.41. The summed E-state index contributed by atoms with van der Waals surface area (Å²) in [6.45, 7) is 1.67. The van der Waals surface area contributed by atoms with Gasteiger partial charge in [0.05, 0.1) is 7.11 Å². The van der Waals surface area contributed by atoms with Crippen molar-refractivity contribution in [2.75, 3.05) is 7.11 Å². The highest BCUT2D eigenvalue weighted by Crippen LogP contribution is 2.32. The van der Waals surface area contributed by atoms with Crippen LogP contribution in [0.5, 0.6) is 5.75 Å². The molecule has 1 N–H and O–H groups in total. The fourth-order valence-corrected chi connectivity index (χ4v) is 2.06. The van der Waals surface area contributed by atoms with Gasteiger partial charge >= 0.3 is 0 Å². The molecule has 0 radical (unpaired) electrons. The Morgan fingerprint density at radius 3 is 2.58 bits per heavy atom. The summed E-state index contributed by atoms with van der Waals surface area (Å²) in [5, 5.41) is 10.8. The Morgan fingerprint density at radius 2 is 1.95 bits per heavy atom. The van der Waals surface area contributed by atoms with E-state index in [9.17, 15) is 9.50 Å². The van der Waals surface area contributed by atoms with Crippen LogP contribution in [0.1, 0.15) is 22.8 Å². The number of hydrogen-bond donors (Lipinski definition) is 1. The summed E-state index contributed by atoms with van der Waals surface area (Å²) in [6, 6.07) is 9.59. The molecule has 0 aliphatic rings. The summed E-state index contributed by atoms with van der Waals surface area (Å²) in [5.74, 6) is 0.162. The van der Waals surface area contributed by atoms with Crippen molar-refractivity contribution >= 4 is 11.6 Å². The molecule has 2 aromatic carbocycles. The highest BCUT2D eigenvalue weighted by molar-refractivity contribution is 6.30. The van der Waals surface area contributed by atoms with Crippen LogP contribution in [-0.2, 0) is 0 Å². The summed E-state index contributed by atoms with van der Waals surface area (Å²) < 4.78 is 18.7. The molecule has 2 aromatic rings. The second-order valence-corrected chi connectivity index (χ2v) is 4.73. The number of rotatable bonds is 3. The van der Waals surface area contributed by atoms with Gasteiger partial charge in [-0.2, -0.15) is 0 Å². The van der Waals surface area contributed by atoms with Crippen molar-refractivity contribution in [2.24, 2.45) is 0 Å². The lowest BCUT2D eigenvalue weighted by molar-refractivity contribution is 0.214. The van der Waals surface area contributed by atoms with Crippen molar-refractivity contribution in [3.05, 3.63) is 63.9 Å². The van der Waals surface area contributed by atoms with Gasteiger partial charge in [-0.3, -0.25) is 0 Å². The molecule has 2 nitrogen and oxygen atoms in total. The van der Waals surface area contributed by atoms with Crippen LogP contribution in [-0.4, -0.2) is 12.2 Å². The zero-order valence-corrected chi connectivity index (χ0v) is 11.4. The van der Waals surface area contributed by atoms with Crippen molar-refractivity contribution < 1.29 is 14.2 Å². The number of aliphatic hydroxyl groups is 1. The van der Waals surface area contributed by atoms with Gasteiger partial charge in [0.1, 0.15) is 17.7 Å². The van der Waals surface area contributed by atoms with Gasteiger partial charge < -0.3 is 9.84 Å². The molecule has 1 atom stereocenters. The molecule has 0 bridgehead atoms. The molecule has 0 spiro atoms. The van der Waals surface area contributed by atoms with E-state index < -0.39 is 6.10 Å². The molecule has 19 heavy (non-hydrogen) atoms. The van der Waals surface area contributed by atoms with E-state index in [1.807, 2.05) is 0 Å². The predicted molar refractivity (Wildman–Crippen MR) is 73.2 cm³/mol. The largest absolute Gasteiger partial charge is 0.496 e. The Hall–Kier alpha value is -1.58. The quantitative estimate of drug-likeness (QED) is 0.924. The first kappa shape index (κ1) is 13.8. The minimum absolute atomic E-state index is 0.349. The van der Waals surface area contributed by atoms with E-state index in [4.69, 9.17) is 16.3 Å². The standard InChI is InChI=1S/C15H14ClFO2/c1-9-3-4-10(7-13(9)17)15(18)12-8-11(16)5-6-14(12)19-2/h3-8,15,18H,1-2H3. The van der Waals surface area contributed by atoms with Crippen molar-refractivity contribution in [1.29, 1.82) is 0 Å². The number of hydrogen-bond acceptors (Lipinski definition) is 2. The monoisotopic (exact) mass is 280 g/mol. The molecule has 4 heteroatoms. The minimum Gasteiger partial charge on any atom is -0.496 e.